The number of hydrogen-bond donors (Lipinski definition) is 2. The second-order valence-electron chi connectivity index (χ2n) is 6.99. The van der Waals surface area contributed by atoms with Crippen LogP contribution in [0, 0.1) is 0 Å². The van der Waals surface area contributed by atoms with Gasteiger partial charge < -0.3 is 19.6 Å². The van der Waals surface area contributed by atoms with Crippen molar-refractivity contribution in [3.63, 3.8) is 0 Å². The quantitative estimate of drug-likeness (QED) is 0.434. The van der Waals surface area contributed by atoms with Crippen molar-refractivity contribution in [2.24, 2.45) is 0 Å². The molecule has 2 aromatic heterocycles. The molecule has 0 radical (unpaired) electrons. The molecule has 0 aliphatic rings. The fourth-order valence-corrected chi connectivity index (χ4v) is 3.20. The van der Waals surface area contributed by atoms with Crippen LogP contribution in [0.3, 0.4) is 0 Å². The Kier molecular flexibility index (Phi) is 6.07. The lowest BCUT2D eigenvalue weighted by atomic mass is 10.2. The predicted octanol–water partition coefficient (Wildman–Crippen LogP) is 2.99. The number of carbonyl (C=O) groups is 2. The first-order chi connectivity index (χ1) is 15.5. The van der Waals surface area contributed by atoms with Crippen molar-refractivity contribution in [2.75, 3.05) is 11.9 Å². The van der Waals surface area contributed by atoms with E-state index in [4.69, 9.17) is 4.74 Å². The zero-order valence-electron chi connectivity index (χ0n) is 17.4. The summed E-state index contributed by atoms with van der Waals surface area (Å²) in [5.74, 6) is -0.186. The Morgan fingerprint density at radius 1 is 1.09 bits per heavy atom. The largest absolute Gasteiger partial charge is 0.462 e. The van der Waals surface area contributed by atoms with Gasteiger partial charge in [-0.15, -0.1) is 0 Å². The van der Waals surface area contributed by atoms with Gasteiger partial charge >= 0.3 is 5.97 Å². The molecule has 9 nitrogen and oxygen atoms in total. The fraction of sp³-hybridized carbons (Fsp3) is 0.174. The molecule has 0 saturated carbocycles. The van der Waals surface area contributed by atoms with Gasteiger partial charge in [0.2, 0.25) is 5.91 Å². The van der Waals surface area contributed by atoms with Crippen LogP contribution >= 0.6 is 0 Å². The zero-order chi connectivity index (χ0) is 22.5. The van der Waals surface area contributed by atoms with Gasteiger partial charge in [0, 0.05) is 24.2 Å². The molecule has 4 aromatic rings. The van der Waals surface area contributed by atoms with Gasteiger partial charge in [0.1, 0.15) is 5.82 Å². The SMILES string of the molecule is CCOC(=O)c1ccc(NC(=O)CCn2cnc3c(=O)[nH]c(-c4ccccc4)nc32)cc1. The molecule has 0 bridgehead atoms. The van der Waals surface area contributed by atoms with Crippen LogP contribution in [0.1, 0.15) is 23.7 Å². The number of aromatic amines is 1. The lowest BCUT2D eigenvalue weighted by Gasteiger charge is -2.08. The summed E-state index contributed by atoms with van der Waals surface area (Å²) < 4.78 is 6.62. The molecule has 9 heteroatoms. The number of H-pyrrole nitrogens is 1. The van der Waals surface area contributed by atoms with Crippen molar-refractivity contribution in [3.8, 4) is 11.4 Å². The van der Waals surface area contributed by atoms with Gasteiger partial charge in [-0.2, -0.15) is 0 Å². The Morgan fingerprint density at radius 2 is 1.84 bits per heavy atom. The predicted molar refractivity (Wildman–Crippen MR) is 119 cm³/mol. The van der Waals surface area contributed by atoms with E-state index in [1.54, 1.807) is 35.8 Å². The van der Waals surface area contributed by atoms with Gasteiger partial charge in [-0.25, -0.2) is 14.8 Å². The van der Waals surface area contributed by atoms with Crippen molar-refractivity contribution in [1.29, 1.82) is 0 Å². The third-order valence-corrected chi connectivity index (χ3v) is 4.78. The average Bonchev–Trinajstić information content (AvgIpc) is 3.22. The van der Waals surface area contributed by atoms with Crippen molar-refractivity contribution < 1.29 is 14.3 Å². The maximum atomic E-state index is 12.4. The number of hydrogen-bond acceptors (Lipinski definition) is 6. The third-order valence-electron chi connectivity index (χ3n) is 4.78. The molecule has 2 aromatic carbocycles. The number of benzene rings is 2. The van der Waals surface area contributed by atoms with Crippen LogP contribution in [0.15, 0.2) is 65.7 Å². The molecule has 0 saturated heterocycles. The summed E-state index contributed by atoms with van der Waals surface area (Å²) in [6.07, 6.45) is 1.66. The van der Waals surface area contributed by atoms with Crippen LogP contribution < -0.4 is 10.9 Å². The van der Waals surface area contributed by atoms with Gasteiger partial charge in [0.15, 0.2) is 11.2 Å². The number of aryl methyl sites for hydroxylation is 1. The number of rotatable bonds is 7. The van der Waals surface area contributed by atoms with E-state index in [0.29, 0.717) is 35.9 Å². The maximum absolute atomic E-state index is 12.4. The number of carbonyl (C=O) groups excluding carboxylic acids is 2. The van der Waals surface area contributed by atoms with E-state index >= 15 is 0 Å². The van der Waals surface area contributed by atoms with Crippen LogP contribution in [0.4, 0.5) is 5.69 Å². The molecule has 0 atom stereocenters. The topological polar surface area (TPSA) is 119 Å². The second-order valence-corrected chi connectivity index (χ2v) is 6.99. The van der Waals surface area contributed by atoms with E-state index in [9.17, 15) is 14.4 Å². The van der Waals surface area contributed by atoms with E-state index in [-0.39, 0.29) is 23.4 Å². The minimum Gasteiger partial charge on any atom is -0.462 e. The van der Waals surface area contributed by atoms with Crippen molar-refractivity contribution in [3.05, 3.63) is 76.8 Å². The smallest absolute Gasteiger partial charge is 0.338 e. The molecule has 0 aliphatic heterocycles. The number of imidazole rings is 1. The molecule has 2 N–H and O–H groups in total. The molecule has 0 unspecified atom stereocenters. The van der Waals surface area contributed by atoms with E-state index in [2.05, 4.69) is 20.3 Å². The summed E-state index contributed by atoms with van der Waals surface area (Å²) in [4.78, 5) is 47.9. The van der Waals surface area contributed by atoms with Crippen molar-refractivity contribution >= 4 is 28.7 Å². The number of ether oxygens (including phenoxy) is 1. The molecule has 0 aliphatic carbocycles. The van der Waals surface area contributed by atoms with Crippen molar-refractivity contribution in [2.45, 2.75) is 19.9 Å². The Hall–Kier alpha value is -4.27. The Labute approximate surface area is 183 Å². The highest BCUT2D eigenvalue weighted by Crippen LogP contribution is 2.16. The Morgan fingerprint density at radius 3 is 2.56 bits per heavy atom. The van der Waals surface area contributed by atoms with Crippen molar-refractivity contribution in [1.82, 2.24) is 19.5 Å². The highest BCUT2D eigenvalue weighted by molar-refractivity contribution is 5.93. The standard InChI is InChI=1S/C23H21N5O4/c1-2-32-23(31)16-8-10-17(11-9-16)25-18(29)12-13-28-14-24-19-21(28)26-20(27-22(19)30)15-6-4-3-5-7-15/h3-11,14H,2,12-13H2,1H3,(H,25,29)(H,26,27,30). The first kappa shape index (κ1) is 21.0. The van der Waals surface area contributed by atoms with E-state index in [1.165, 1.54) is 6.33 Å². The number of nitrogens with one attached hydrogen (secondary N) is 2. The average molecular weight is 431 g/mol. The van der Waals surface area contributed by atoms with E-state index in [1.807, 2.05) is 30.3 Å². The lowest BCUT2D eigenvalue weighted by Crippen LogP contribution is -2.15. The summed E-state index contributed by atoms with van der Waals surface area (Å²) in [5, 5.41) is 2.79. The molecular formula is C23H21N5O4. The van der Waals surface area contributed by atoms with Gasteiger partial charge in [-0.3, -0.25) is 9.59 Å². The molecule has 1 amide bonds. The van der Waals surface area contributed by atoms with Gasteiger partial charge in [0.05, 0.1) is 18.5 Å². The number of aromatic nitrogens is 4. The van der Waals surface area contributed by atoms with Gasteiger partial charge in [-0.05, 0) is 31.2 Å². The number of amides is 1. The highest BCUT2D eigenvalue weighted by atomic mass is 16.5. The molecule has 2 heterocycles. The molecule has 0 fully saturated rings. The van der Waals surface area contributed by atoms with Crippen LogP contribution in [0.5, 0.6) is 0 Å². The Bertz CT molecular complexity index is 1310. The summed E-state index contributed by atoms with van der Waals surface area (Å²) in [7, 11) is 0. The summed E-state index contributed by atoms with van der Waals surface area (Å²) in [6, 6.07) is 15.8. The first-order valence-corrected chi connectivity index (χ1v) is 10.1. The summed E-state index contributed by atoms with van der Waals surface area (Å²) >= 11 is 0. The fourth-order valence-electron chi connectivity index (χ4n) is 3.20. The minimum absolute atomic E-state index is 0.153. The number of esters is 1. The summed E-state index contributed by atoms with van der Waals surface area (Å²) in [5.41, 5.74) is 2.07. The number of anilines is 1. The zero-order valence-corrected chi connectivity index (χ0v) is 17.4. The molecular weight excluding hydrogens is 410 g/mol. The van der Waals surface area contributed by atoms with Crippen LogP contribution in [0.2, 0.25) is 0 Å². The van der Waals surface area contributed by atoms with Crippen LogP contribution in [0.25, 0.3) is 22.6 Å². The van der Waals surface area contributed by atoms with Crippen LogP contribution in [-0.4, -0.2) is 38.0 Å². The molecule has 0 spiro atoms. The third kappa shape index (κ3) is 4.56. The molecule has 32 heavy (non-hydrogen) atoms. The Balaban J connectivity index is 1.45. The van der Waals surface area contributed by atoms with E-state index in [0.717, 1.165) is 5.56 Å². The lowest BCUT2D eigenvalue weighted by molar-refractivity contribution is -0.116. The van der Waals surface area contributed by atoms with E-state index < -0.39 is 5.97 Å². The maximum Gasteiger partial charge on any atom is 0.338 e. The van der Waals surface area contributed by atoms with Gasteiger partial charge in [-0.1, -0.05) is 30.3 Å². The number of fused-ring (bicyclic) bond motifs is 1. The molecule has 4 rings (SSSR count). The normalized spacial score (nSPS) is 10.8. The monoisotopic (exact) mass is 431 g/mol. The molecule has 162 valence electrons. The van der Waals surface area contributed by atoms with Crippen LogP contribution in [-0.2, 0) is 16.1 Å². The highest BCUT2D eigenvalue weighted by Gasteiger charge is 2.13. The second kappa shape index (κ2) is 9.25. The first-order valence-electron chi connectivity index (χ1n) is 10.1. The van der Waals surface area contributed by atoms with Gasteiger partial charge in [0.25, 0.3) is 5.56 Å². The number of nitrogens with zero attached hydrogens (tertiary/aromatic N) is 3. The summed E-state index contributed by atoms with van der Waals surface area (Å²) in [6.45, 7) is 2.34. The minimum atomic E-state index is -0.408.